The van der Waals surface area contributed by atoms with Crippen molar-refractivity contribution < 1.29 is 34.2 Å². The Morgan fingerprint density at radius 1 is 1.22 bits per heavy atom. The van der Waals surface area contributed by atoms with E-state index in [0.29, 0.717) is 28.4 Å². The standard InChI is InChI=1S/C23H35N5O8/c1-13(2)16(12-29)28(22(36)26-8-6-7-15(26)5)20(34)23(24,14(3)4)17(30)9-27-18(31)10-25(21(27)35)11-19(32)33/h10,12-16,31H,6-9,11,24H2,1-5H3,(H,32,33)/t15-,16-,23-/m1/s1. The van der Waals surface area contributed by atoms with Crippen molar-refractivity contribution in [1.82, 2.24) is 18.9 Å². The maximum atomic E-state index is 13.9. The van der Waals surface area contributed by atoms with Gasteiger partial charge in [0, 0.05) is 12.6 Å². The van der Waals surface area contributed by atoms with Crippen molar-refractivity contribution in [3.63, 3.8) is 0 Å². The van der Waals surface area contributed by atoms with Crippen molar-refractivity contribution in [1.29, 1.82) is 0 Å². The molecule has 13 nitrogen and oxygen atoms in total. The number of nitrogens with zero attached hydrogens (tertiary/aromatic N) is 4. The summed E-state index contributed by atoms with van der Waals surface area (Å²) in [7, 11) is 0. The van der Waals surface area contributed by atoms with Crippen molar-refractivity contribution in [3.05, 3.63) is 16.7 Å². The molecule has 1 fully saturated rings. The zero-order chi connectivity index (χ0) is 27.5. The number of carbonyl (C=O) groups excluding carboxylic acids is 4. The molecule has 1 saturated heterocycles. The Balaban J connectivity index is 2.53. The van der Waals surface area contributed by atoms with Gasteiger partial charge in [0.15, 0.2) is 11.3 Å². The Morgan fingerprint density at radius 3 is 2.28 bits per heavy atom. The first kappa shape index (κ1) is 28.8. The van der Waals surface area contributed by atoms with Gasteiger partial charge in [-0.15, -0.1) is 0 Å². The minimum Gasteiger partial charge on any atom is -0.493 e. The van der Waals surface area contributed by atoms with Crippen molar-refractivity contribution in [3.8, 4) is 5.88 Å². The van der Waals surface area contributed by atoms with E-state index in [1.165, 1.54) is 18.7 Å². The number of aromatic hydroxyl groups is 1. The number of Topliss-reactive ketones (excluding diaryl/α,β-unsaturated/α-hetero) is 1. The number of imidazole rings is 1. The van der Waals surface area contributed by atoms with Crippen LogP contribution in [0.1, 0.15) is 47.5 Å². The maximum absolute atomic E-state index is 13.9. The molecule has 0 spiro atoms. The molecule has 36 heavy (non-hydrogen) atoms. The number of ketones is 1. The fourth-order valence-corrected chi connectivity index (χ4v) is 4.31. The average Bonchev–Trinajstić information content (AvgIpc) is 3.33. The van der Waals surface area contributed by atoms with E-state index in [1.54, 1.807) is 13.8 Å². The summed E-state index contributed by atoms with van der Waals surface area (Å²) in [4.78, 5) is 78.6. The number of urea groups is 1. The lowest BCUT2D eigenvalue weighted by Crippen LogP contribution is -2.68. The van der Waals surface area contributed by atoms with Gasteiger partial charge >= 0.3 is 17.7 Å². The number of hydrogen-bond donors (Lipinski definition) is 3. The summed E-state index contributed by atoms with van der Waals surface area (Å²) < 4.78 is 1.28. The van der Waals surface area contributed by atoms with Gasteiger partial charge in [-0.2, -0.15) is 0 Å². The van der Waals surface area contributed by atoms with Gasteiger partial charge in [-0.05, 0) is 31.6 Å². The molecule has 2 heterocycles. The third-order valence-corrected chi connectivity index (χ3v) is 6.70. The van der Waals surface area contributed by atoms with E-state index >= 15 is 0 Å². The number of aldehydes is 1. The van der Waals surface area contributed by atoms with Gasteiger partial charge in [0.25, 0.3) is 5.91 Å². The predicted octanol–water partition coefficient (Wildman–Crippen LogP) is 0.0190. The molecule has 1 aliphatic rings. The molecule has 0 radical (unpaired) electrons. The first-order valence-electron chi connectivity index (χ1n) is 11.8. The van der Waals surface area contributed by atoms with E-state index in [9.17, 15) is 33.9 Å². The van der Waals surface area contributed by atoms with Crippen molar-refractivity contribution in [2.24, 2.45) is 17.6 Å². The minimum atomic E-state index is -2.34. The number of hydrogen-bond acceptors (Lipinski definition) is 8. The van der Waals surface area contributed by atoms with Crippen molar-refractivity contribution in [2.45, 2.75) is 78.2 Å². The van der Waals surface area contributed by atoms with Crippen molar-refractivity contribution in [2.75, 3.05) is 6.54 Å². The van der Waals surface area contributed by atoms with Crippen molar-refractivity contribution >= 4 is 30.0 Å². The van der Waals surface area contributed by atoms with Gasteiger partial charge in [0.2, 0.25) is 5.88 Å². The van der Waals surface area contributed by atoms with Crippen LogP contribution in [0.2, 0.25) is 0 Å². The Labute approximate surface area is 208 Å². The fourth-order valence-electron chi connectivity index (χ4n) is 4.31. The monoisotopic (exact) mass is 509 g/mol. The van der Waals surface area contributed by atoms with Gasteiger partial charge < -0.3 is 25.6 Å². The minimum absolute atomic E-state index is 0.182. The highest BCUT2D eigenvalue weighted by Crippen LogP contribution is 2.27. The molecule has 1 aliphatic heterocycles. The number of aromatic nitrogens is 2. The highest BCUT2D eigenvalue weighted by Gasteiger charge is 2.51. The second kappa shape index (κ2) is 11.1. The molecule has 1 aromatic rings. The average molecular weight is 510 g/mol. The largest absolute Gasteiger partial charge is 0.493 e. The molecule has 3 atom stereocenters. The molecule has 3 amide bonds. The molecule has 4 N–H and O–H groups in total. The van der Waals surface area contributed by atoms with Crippen LogP contribution in [0, 0.1) is 11.8 Å². The summed E-state index contributed by atoms with van der Waals surface area (Å²) in [5.74, 6) is -5.47. The van der Waals surface area contributed by atoms with Gasteiger partial charge in [-0.25, -0.2) is 9.59 Å². The highest BCUT2D eigenvalue weighted by molar-refractivity contribution is 6.15. The smallest absolute Gasteiger partial charge is 0.332 e. The molecule has 13 heteroatoms. The Hall–Kier alpha value is -3.48. The molecule has 200 valence electrons. The van der Waals surface area contributed by atoms with E-state index in [2.05, 4.69) is 0 Å². The molecular formula is C23H35N5O8. The van der Waals surface area contributed by atoms with Crippen LogP contribution in [0.3, 0.4) is 0 Å². The highest BCUT2D eigenvalue weighted by atomic mass is 16.4. The van der Waals surface area contributed by atoms with Gasteiger partial charge in [0.1, 0.15) is 12.8 Å². The maximum Gasteiger partial charge on any atom is 0.332 e. The molecule has 0 aromatic carbocycles. The number of nitrogens with two attached hydrogens (primary N) is 1. The van der Waals surface area contributed by atoms with Crippen LogP contribution < -0.4 is 11.4 Å². The molecular weight excluding hydrogens is 474 g/mol. The molecule has 0 aliphatic carbocycles. The lowest BCUT2D eigenvalue weighted by atomic mass is 9.81. The summed E-state index contributed by atoms with van der Waals surface area (Å²) in [6, 6.07) is -2.11. The normalized spacial score (nSPS) is 18.2. The fraction of sp³-hybridized carbons (Fsp3) is 0.652. The van der Waals surface area contributed by atoms with Crippen LogP contribution >= 0.6 is 0 Å². The van der Waals surface area contributed by atoms with Crippen LogP contribution in [0.15, 0.2) is 11.0 Å². The number of carboxylic acid groups (broad SMARTS) is 1. The third kappa shape index (κ3) is 5.35. The van der Waals surface area contributed by atoms with Crippen LogP contribution in [-0.2, 0) is 32.3 Å². The van der Waals surface area contributed by atoms with Crippen LogP contribution in [0.4, 0.5) is 4.79 Å². The lowest BCUT2D eigenvalue weighted by Gasteiger charge is -2.40. The number of likely N-dealkylation sites (tertiary alicyclic amines) is 1. The van der Waals surface area contributed by atoms with Gasteiger partial charge in [-0.3, -0.25) is 28.4 Å². The molecule has 0 unspecified atom stereocenters. The summed E-state index contributed by atoms with van der Waals surface area (Å²) in [6.07, 6.45) is 2.75. The number of carboxylic acids is 1. The number of amides is 3. The second-order valence-electron chi connectivity index (χ2n) is 9.84. The quantitative estimate of drug-likeness (QED) is 0.289. The molecule has 0 bridgehead atoms. The Morgan fingerprint density at radius 2 is 1.83 bits per heavy atom. The van der Waals surface area contributed by atoms with Gasteiger partial charge in [0.05, 0.1) is 18.8 Å². The summed E-state index contributed by atoms with van der Waals surface area (Å²) in [5.41, 5.74) is 3.07. The predicted molar refractivity (Wildman–Crippen MR) is 127 cm³/mol. The summed E-state index contributed by atoms with van der Waals surface area (Å²) in [5, 5.41) is 19.1. The van der Waals surface area contributed by atoms with E-state index in [1.807, 2.05) is 6.92 Å². The Kier molecular flexibility index (Phi) is 8.84. The Bertz CT molecular complexity index is 1090. The van der Waals surface area contributed by atoms with Crippen LogP contribution in [0.25, 0.3) is 0 Å². The number of aliphatic carboxylic acids is 1. The van der Waals surface area contributed by atoms with E-state index in [0.717, 1.165) is 17.5 Å². The van der Waals surface area contributed by atoms with Crippen LogP contribution in [0.5, 0.6) is 5.88 Å². The summed E-state index contributed by atoms with van der Waals surface area (Å²) in [6.45, 7) is 6.86. The molecule has 0 saturated carbocycles. The third-order valence-electron chi connectivity index (χ3n) is 6.70. The zero-order valence-electron chi connectivity index (χ0n) is 21.2. The second-order valence-corrected chi connectivity index (χ2v) is 9.84. The first-order chi connectivity index (χ1) is 16.7. The number of rotatable bonds is 10. The number of carbonyl (C=O) groups is 5. The number of imide groups is 1. The molecule has 1 aromatic heterocycles. The SMILES string of the molecule is CC(C)[C@@H](C=O)N(C(=O)N1CCC[C@H]1C)C(=O)[C@](N)(C(=O)Cn1c(O)cn(CC(=O)O)c1=O)C(C)C. The topological polar surface area (TPSA) is 185 Å². The zero-order valence-corrected chi connectivity index (χ0v) is 21.2. The van der Waals surface area contributed by atoms with E-state index in [-0.39, 0.29) is 6.04 Å². The molecule has 2 rings (SSSR count). The first-order valence-corrected chi connectivity index (χ1v) is 11.8. The van der Waals surface area contributed by atoms with E-state index in [4.69, 9.17) is 10.8 Å². The van der Waals surface area contributed by atoms with E-state index < -0.39 is 71.8 Å². The van der Waals surface area contributed by atoms with Gasteiger partial charge in [-0.1, -0.05) is 27.7 Å². The lowest BCUT2D eigenvalue weighted by molar-refractivity contribution is -0.147. The van der Waals surface area contributed by atoms with Crippen LogP contribution in [-0.4, -0.2) is 83.3 Å². The summed E-state index contributed by atoms with van der Waals surface area (Å²) >= 11 is 0.